The Morgan fingerprint density at radius 1 is 1.26 bits per heavy atom. The van der Waals surface area contributed by atoms with Gasteiger partial charge in [-0.2, -0.15) is 4.98 Å². The second-order valence-electron chi connectivity index (χ2n) is 5.56. The van der Waals surface area contributed by atoms with Crippen LogP contribution in [-0.2, 0) is 0 Å². The maximum Gasteiger partial charge on any atom is 0.239 e. The molecule has 0 spiro atoms. The third-order valence-corrected chi connectivity index (χ3v) is 3.26. The standard InChI is InChI=1S/C14H24N4O/c1-11(2)10-19-14-12(15)4-5-13(16-14)18-8-6-17(3)7-9-18/h4-5,11H,6-10,15H2,1-3H3. The normalized spacial score (nSPS) is 16.9. The van der Waals surface area contributed by atoms with Gasteiger partial charge < -0.3 is 20.3 Å². The van der Waals surface area contributed by atoms with Crippen LogP contribution in [0.15, 0.2) is 12.1 Å². The highest BCUT2D eigenvalue weighted by Crippen LogP contribution is 2.24. The molecular weight excluding hydrogens is 240 g/mol. The molecule has 1 saturated heterocycles. The van der Waals surface area contributed by atoms with Crippen molar-refractivity contribution < 1.29 is 4.74 Å². The highest BCUT2D eigenvalue weighted by molar-refractivity contribution is 5.54. The third-order valence-electron chi connectivity index (χ3n) is 3.26. The molecule has 2 heterocycles. The first-order valence-corrected chi connectivity index (χ1v) is 6.89. The number of pyridine rings is 1. The van der Waals surface area contributed by atoms with E-state index < -0.39 is 0 Å². The summed E-state index contributed by atoms with van der Waals surface area (Å²) in [6.07, 6.45) is 0. The van der Waals surface area contributed by atoms with Crippen LogP contribution in [0.4, 0.5) is 11.5 Å². The molecule has 106 valence electrons. The average molecular weight is 264 g/mol. The summed E-state index contributed by atoms with van der Waals surface area (Å²) < 4.78 is 5.68. The van der Waals surface area contributed by atoms with Crippen LogP contribution in [0.5, 0.6) is 5.88 Å². The van der Waals surface area contributed by atoms with Crippen molar-refractivity contribution in [3.8, 4) is 5.88 Å². The van der Waals surface area contributed by atoms with E-state index in [1.807, 2.05) is 12.1 Å². The van der Waals surface area contributed by atoms with Gasteiger partial charge in [-0.05, 0) is 25.1 Å². The number of ether oxygens (including phenoxy) is 1. The zero-order valence-corrected chi connectivity index (χ0v) is 12.1. The second-order valence-corrected chi connectivity index (χ2v) is 5.56. The van der Waals surface area contributed by atoms with Crippen LogP contribution in [0.25, 0.3) is 0 Å². The molecular formula is C14H24N4O. The van der Waals surface area contributed by atoms with Crippen LogP contribution < -0.4 is 15.4 Å². The van der Waals surface area contributed by atoms with Crippen molar-refractivity contribution in [2.24, 2.45) is 5.92 Å². The Morgan fingerprint density at radius 2 is 1.95 bits per heavy atom. The van der Waals surface area contributed by atoms with Crippen molar-refractivity contribution in [1.29, 1.82) is 0 Å². The van der Waals surface area contributed by atoms with Crippen molar-refractivity contribution >= 4 is 11.5 Å². The lowest BCUT2D eigenvalue weighted by Crippen LogP contribution is -2.44. The summed E-state index contributed by atoms with van der Waals surface area (Å²) in [5.41, 5.74) is 6.52. The number of hydrogen-bond donors (Lipinski definition) is 1. The molecule has 0 radical (unpaired) electrons. The lowest BCUT2D eigenvalue weighted by molar-refractivity contribution is 0.262. The van der Waals surface area contributed by atoms with Gasteiger partial charge in [0.25, 0.3) is 0 Å². The Hall–Kier alpha value is -1.49. The van der Waals surface area contributed by atoms with Crippen LogP contribution in [0.3, 0.4) is 0 Å². The molecule has 2 rings (SSSR count). The smallest absolute Gasteiger partial charge is 0.239 e. The zero-order valence-electron chi connectivity index (χ0n) is 12.1. The number of rotatable bonds is 4. The number of nitrogen functional groups attached to an aromatic ring is 1. The summed E-state index contributed by atoms with van der Waals surface area (Å²) in [7, 11) is 2.14. The molecule has 0 saturated carbocycles. The van der Waals surface area contributed by atoms with Gasteiger partial charge in [-0.25, -0.2) is 0 Å². The molecule has 0 unspecified atom stereocenters. The van der Waals surface area contributed by atoms with E-state index in [0.29, 0.717) is 24.1 Å². The number of aromatic nitrogens is 1. The predicted molar refractivity (Wildman–Crippen MR) is 78.7 cm³/mol. The van der Waals surface area contributed by atoms with E-state index in [2.05, 4.69) is 35.7 Å². The Balaban J connectivity index is 2.07. The van der Waals surface area contributed by atoms with Crippen molar-refractivity contribution in [3.05, 3.63) is 12.1 Å². The number of hydrogen-bond acceptors (Lipinski definition) is 5. The van der Waals surface area contributed by atoms with E-state index in [0.717, 1.165) is 32.0 Å². The molecule has 0 atom stereocenters. The number of nitrogens with two attached hydrogens (primary N) is 1. The van der Waals surface area contributed by atoms with Crippen LogP contribution in [0.2, 0.25) is 0 Å². The average Bonchev–Trinajstić information content (AvgIpc) is 2.39. The van der Waals surface area contributed by atoms with Crippen LogP contribution >= 0.6 is 0 Å². The minimum atomic E-state index is 0.466. The first-order chi connectivity index (χ1) is 9.06. The summed E-state index contributed by atoms with van der Waals surface area (Å²) in [4.78, 5) is 9.16. The summed E-state index contributed by atoms with van der Waals surface area (Å²) in [6, 6.07) is 3.86. The van der Waals surface area contributed by atoms with E-state index >= 15 is 0 Å². The SMILES string of the molecule is CC(C)COc1nc(N2CCN(C)CC2)ccc1N. The van der Waals surface area contributed by atoms with Gasteiger partial charge in [0.1, 0.15) is 5.82 Å². The molecule has 5 heteroatoms. The van der Waals surface area contributed by atoms with Crippen molar-refractivity contribution in [2.45, 2.75) is 13.8 Å². The van der Waals surface area contributed by atoms with Crippen molar-refractivity contribution in [3.63, 3.8) is 0 Å². The predicted octanol–water partition coefficient (Wildman–Crippen LogP) is 1.45. The molecule has 2 N–H and O–H groups in total. The second kappa shape index (κ2) is 6.10. The molecule has 1 fully saturated rings. The fourth-order valence-electron chi connectivity index (χ4n) is 2.01. The largest absolute Gasteiger partial charge is 0.476 e. The summed E-state index contributed by atoms with van der Waals surface area (Å²) in [5.74, 6) is 1.99. The highest BCUT2D eigenvalue weighted by Gasteiger charge is 2.16. The quantitative estimate of drug-likeness (QED) is 0.892. The first kappa shape index (κ1) is 13.9. The summed E-state index contributed by atoms with van der Waals surface area (Å²) in [5, 5.41) is 0. The van der Waals surface area contributed by atoms with E-state index in [-0.39, 0.29) is 0 Å². The van der Waals surface area contributed by atoms with Gasteiger partial charge in [0.05, 0.1) is 12.3 Å². The maximum absolute atomic E-state index is 5.91. The van der Waals surface area contributed by atoms with Gasteiger partial charge in [-0.3, -0.25) is 0 Å². The van der Waals surface area contributed by atoms with Gasteiger partial charge in [-0.15, -0.1) is 0 Å². The molecule has 0 amide bonds. The highest BCUT2D eigenvalue weighted by atomic mass is 16.5. The Bertz CT molecular complexity index is 414. The lowest BCUT2D eigenvalue weighted by Gasteiger charge is -2.33. The van der Waals surface area contributed by atoms with Crippen LogP contribution in [0, 0.1) is 5.92 Å². The Morgan fingerprint density at radius 3 is 2.58 bits per heavy atom. The summed E-state index contributed by atoms with van der Waals surface area (Å²) in [6.45, 7) is 8.99. The van der Waals surface area contributed by atoms with E-state index in [1.54, 1.807) is 0 Å². The molecule has 1 aliphatic heterocycles. The Labute approximate surface area is 115 Å². The van der Waals surface area contributed by atoms with Gasteiger partial charge in [0, 0.05) is 26.2 Å². The minimum absolute atomic E-state index is 0.466. The number of nitrogens with zero attached hydrogens (tertiary/aromatic N) is 3. The fraction of sp³-hybridized carbons (Fsp3) is 0.643. The monoisotopic (exact) mass is 264 g/mol. The molecule has 1 aromatic heterocycles. The fourth-order valence-corrected chi connectivity index (χ4v) is 2.01. The molecule has 5 nitrogen and oxygen atoms in total. The van der Waals surface area contributed by atoms with Crippen LogP contribution in [-0.4, -0.2) is 49.7 Å². The van der Waals surface area contributed by atoms with E-state index in [4.69, 9.17) is 10.5 Å². The number of piperazine rings is 1. The Kier molecular flexibility index (Phi) is 4.47. The van der Waals surface area contributed by atoms with E-state index in [9.17, 15) is 0 Å². The van der Waals surface area contributed by atoms with Crippen LogP contribution in [0.1, 0.15) is 13.8 Å². The molecule has 1 aromatic rings. The third kappa shape index (κ3) is 3.73. The molecule has 19 heavy (non-hydrogen) atoms. The van der Waals surface area contributed by atoms with Gasteiger partial charge in [0.15, 0.2) is 0 Å². The zero-order chi connectivity index (χ0) is 13.8. The first-order valence-electron chi connectivity index (χ1n) is 6.89. The number of likely N-dealkylation sites (N-methyl/N-ethyl adjacent to an activating group) is 1. The molecule has 1 aliphatic rings. The topological polar surface area (TPSA) is 54.6 Å². The maximum atomic E-state index is 5.91. The van der Waals surface area contributed by atoms with Crippen molar-refractivity contribution in [1.82, 2.24) is 9.88 Å². The molecule has 0 aromatic carbocycles. The van der Waals surface area contributed by atoms with Gasteiger partial charge in [-0.1, -0.05) is 13.8 Å². The van der Waals surface area contributed by atoms with Crippen molar-refractivity contribution in [2.75, 3.05) is 50.5 Å². The summed E-state index contributed by atoms with van der Waals surface area (Å²) >= 11 is 0. The molecule has 0 bridgehead atoms. The van der Waals surface area contributed by atoms with E-state index in [1.165, 1.54) is 0 Å². The van der Waals surface area contributed by atoms with Gasteiger partial charge >= 0.3 is 0 Å². The lowest BCUT2D eigenvalue weighted by atomic mass is 10.2. The number of anilines is 2. The minimum Gasteiger partial charge on any atom is -0.476 e. The molecule has 0 aliphatic carbocycles. The van der Waals surface area contributed by atoms with Gasteiger partial charge in [0.2, 0.25) is 5.88 Å².